The van der Waals surface area contributed by atoms with Crippen LogP contribution in [0.4, 0.5) is 0 Å². The van der Waals surface area contributed by atoms with E-state index >= 15 is 0 Å². The van der Waals surface area contributed by atoms with Crippen molar-refractivity contribution >= 4 is 17.5 Å². The molecule has 0 bridgehead atoms. The van der Waals surface area contributed by atoms with E-state index in [0.717, 1.165) is 34.7 Å². The van der Waals surface area contributed by atoms with E-state index < -0.39 is 0 Å². The zero-order chi connectivity index (χ0) is 16.7. The number of rotatable bonds is 2. The Labute approximate surface area is 144 Å². The van der Waals surface area contributed by atoms with Gasteiger partial charge in [0.2, 0.25) is 6.79 Å². The number of nitrogens with zero attached hydrogens (tertiary/aromatic N) is 1. The van der Waals surface area contributed by atoms with Gasteiger partial charge in [-0.2, -0.15) is 5.26 Å². The van der Waals surface area contributed by atoms with Crippen LogP contribution < -0.4 is 14.8 Å². The molecular weight excluding hydrogens is 324 g/mol. The van der Waals surface area contributed by atoms with Gasteiger partial charge in [0.1, 0.15) is 0 Å². The maximum Gasteiger partial charge on any atom is 0.231 e. The molecule has 0 saturated heterocycles. The number of carbonyl (C=O) groups is 1. The van der Waals surface area contributed by atoms with E-state index in [9.17, 15) is 10.1 Å². The number of ketones is 1. The fourth-order valence-electron chi connectivity index (χ4n) is 3.51. The zero-order valence-corrected chi connectivity index (χ0v) is 14.0. The molecule has 1 aromatic rings. The molecule has 0 amide bonds. The van der Waals surface area contributed by atoms with Gasteiger partial charge >= 0.3 is 0 Å². The third kappa shape index (κ3) is 2.28. The standard InChI is InChI=1S/C18H16N2O3S/c1-24-18-11(8-19)16(17-12(20-18)3-2-4-13(17)21)10-5-6-14-15(7-10)23-9-22-14/h5-7,16,20H,2-4,9H2,1H3/t16-/m0/s1. The molecule has 0 spiro atoms. The van der Waals surface area contributed by atoms with Crippen molar-refractivity contribution in [2.75, 3.05) is 13.0 Å². The summed E-state index contributed by atoms with van der Waals surface area (Å²) in [5.41, 5.74) is 3.17. The molecule has 0 fully saturated rings. The minimum absolute atomic E-state index is 0.124. The first-order valence-electron chi connectivity index (χ1n) is 7.84. The smallest absolute Gasteiger partial charge is 0.231 e. The molecule has 24 heavy (non-hydrogen) atoms. The van der Waals surface area contributed by atoms with Crippen LogP contribution in [0, 0.1) is 11.3 Å². The van der Waals surface area contributed by atoms with Gasteiger partial charge in [-0.1, -0.05) is 6.07 Å². The fraction of sp³-hybridized carbons (Fsp3) is 0.333. The number of Topliss-reactive ketones (excluding diaryl/α,β-unsaturated/α-hetero) is 1. The molecule has 0 saturated carbocycles. The molecule has 5 nitrogen and oxygen atoms in total. The molecule has 122 valence electrons. The van der Waals surface area contributed by atoms with E-state index in [2.05, 4.69) is 11.4 Å². The number of thioether (sulfide) groups is 1. The minimum atomic E-state index is -0.337. The van der Waals surface area contributed by atoms with Crippen LogP contribution >= 0.6 is 11.8 Å². The van der Waals surface area contributed by atoms with Gasteiger partial charge in [-0.25, -0.2) is 0 Å². The summed E-state index contributed by atoms with van der Waals surface area (Å²) >= 11 is 1.50. The number of hydrogen-bond donors (Lipinski definition) is 1. The molecule has 4 rings (SSSR count). The number of carbonyl (C=O) groups excluding carboxylic acids is 1. The van der Waals surface area contributed by atoms with Crippen LogP contribution in [0.2, 0.25) is 0 Å². The predicted molar refractivity (Wildman–Crippen MR) is 90.5 cm³/mol. The Balaban J connectivity index is 1.88. The molecule has 1 atom stereocenters. The van der Waals surface area contributed by atoms with Crippen molar-refractivity contribution in [1.29, 1.82) is 5.26 Å². The summed E-state index contributed by atoms with van der Waals surface area (Å²) in [5, 5.41) is 13.9. The van der Waals surface area contributed by atoms with Crippen molar-refractivity contribution in [2.45, 2.75) is 25.2 Å². The largest absolute Gasteiger partial charge is 0.454 e. The molecule has 2 aliphatic heterocycles. The zero-order valence-electron chi connectivity index (χ0n) is 13.2. The monoisotopic (exact) mass is 340 g/mol. The maximum absolute atomic E-state index is 12.6. The molecule has 0 radical (unpaired) electrons. The molecule has 0 unspecified atom stereocenters. The van der Waals surface area contributed by atoms with Crippen molar-refractivity contribution in [1.82, 2.24) is 5.32 Å². The lowest BCUT2D eigenvalue weighted by molar-refractivity contribution is -0.116. The van der Waals surface area contributed by atoms with E-state index in [-0.39, 0.29) is 18.5 Å². The number of ether oxygens (including phenoxy) is 2. The minimum Gasteiger partial charge on any atom is -0.454 e. The first-order chi connectivity index (χ1) is 11.7. The Bertz CT molecular complexity index is 835. The first-order valence-corrected chi connectivity index (χ1v) is 9.06. The molecule has 0 aromatic heterocycles. The van der Waals surface area contributed by atoms with Crippen molar-refractivity contribution < 1.29 is 14.3 Å². The van der Waals surface area contributed by atoms with E-state index in [1.807, 2.05) is 24.5 Å². The summed E-state index contributed by atoms with van der Waals surface area (Å²) in [7, 11) is 0. The number of nitrogens with one attached hydrogen (secondary N) is 1. The van der Waals surface area contributed by atoms with Crippen molar-refractivity contribution in [2.24, 2.45) is 0 Å². The van der Waals surface area contributed by atoms with Crippen LogP contribution in [-0.4, -0.2) is 18.8 Å². The Hall–Kier alpha value is -2.39. The van der Waals surface area contributed by atoms with Crippen LogP contribution in [0.15, 0.2) is 40.1 Å². The van der Waals surface area contributed by atoms with Gasteiger partial charge in [-0.3, -0.25) is 4.79 Å². The van der Waals surface area contributed by atoms with Gasteiger partial charge in [-0.05, 0) is 36.8 Å². The highest BCUT2D eigenvalue weighted by Crippen LogP contribution is 2.45. The van der Waals surface area contributed by atoms with Crippen molar-refractivity contribution in [3.8, 4) is 17.6 Å². The second-order valence-corrected chi connectivity index (χ2v) is 6.71. The Kier molecular flexibility index (Phi) is 3.73. The molecule has 1 aromatic carbocycles. The number of hydrogen-bond acceptors (Lipinski definition) is 6. The number of nitriles is 1. The number of fused-ring (bicyclic) bond motifs is 1. The third-order valence-corrected chi connectivity index (χ3v) is 5.33. The molecule has 3 aliphatic rings. The highest BCUT2D eigenvalue weighted by molar-refractivity contribution is 8.02. The highest BCUT2D eigenvalue weighted by Gasteiger charge is 2.37. The van der Waals surface area contributed by atoms with Crippen LogP contribution in [0.5, 0.6) is 11.5 Å². The molecule has 6 heteroatoms. The number of dihydropyridines is 1. The Morgan fingerprint density at radius 2 is 2.12 bits per heavy atom. The van der Waals surface area contributed by atoms with Gasteiger partial charge in [-0.15, -0.1) is 11.8 Å². The van der Waals surface area contributed by atoms with Gasteiger partial charge in [0.25, 0.3) is 0 Å². The maximum atomic E-state index is 12.6. The number of allylic oxidation sites excluding steroid dienone is 3. The van der Waals surface area contributed by atoms with Crippen LogP contribution in [0.25, 0.3) is 0 Å². The Morgan fingerprint density at radius 3 is 2.92 bits per heavy atom. The summed E-state index contributed by atoms with van der Waals surface area (Å²) in [6, 6.07) is 7.97. The Morgan fingerprint density at radius 1 is 1.29 bits per heavy atom. The topological polar surface area (TPSA) is 71.3 Å². The van der Waals surface area contributed by atoms with Crippen LogP contribution in [-0.2, 0) is 4.79 Å². The fourth-order valence-corrected chi connectivity index (χ4v) is 4.12. The summed E-state index contributed by atoms with van der Waals surface area (Å²) in [6.45, 7) is 0.203. The van der Waals surface area contributed by atoms with Gasteiger partial charge in [0.15, 0.2) is 17.3 Å². The van der Waals surface area contributed by atoms with Crippen LogP contribution in [0.1, 0.15) is 30.7 Å². The van der Waals surface area contributed by atoms with Crippen molar-refractivity contribution in [3.05, 3.63) is 45.6 Å². The molecule has 1 aliphatic carbocycles. The van der Waals surface area contributed by atoms with Crippen molar-refractivity contribution in [3.63, 3.8) is 0 Å². The van der Waals surface area contributed by atoms with E-state index in [1.165, 1.54) is 11.8 Å². The van der Waals surface area contributed by atoms with Crippen LogP contribution in [0.3, 0.4) is 0 Å². The average Bonchev–Trinajstić information content (AvgIpc) is 3.07. The lowest BCUT2D eigenvalue weighted by Crippen LogP contribution is -2.31. The second kappa shape index (κ2) is 5.91. The predicted octanol–water partition coefficient (Wildman–Crippen LogP) is 3.21. The van der Waals surface area contributed by atoms with E-state index in [4.69, 9.17) is 9.47 Å². The molecule has 1 N–H and O–H groups in total. The lowest BCUT2D eigenvalue weighted by atomic mass is 9.77. The molecule has 2 heterocycles. The second-order valence-electron chi connectivity index (χ2n) is 5.90. The summed E-state index contributed by atoms with van der Waals surface area (Å²) in [4.78, 5) is 12.6. The quantitative estimate of drug-likeness (QED) is 0.891. The van der Waals surface area contributed by atoms with Gasteiger partial charge in [0, 0.05) is 17.7 Å². The average molecular weight is 340 g/mol. The highest BCUT2D eigenvalue weighted by atomic mass is 32.2. The third-order valence-electron chi connectivity index (χ3n) is 4.60. The van der Waals surface area contributed by atoms with E-state index in [1.54, 1.807) is 0 Å². The lowest BCUT2D eigenvalue weighted by Gasteiger charge is -2.33. The summed E-state index contributed by atoms with van der Waals surface area (Å²) < 4.78 is 10.8. The van der Waals surface area contributed by atoms with Gasteiger partial charge < -0.3 is 14.8 Å². The van der Waals surface area contributed by atoms with Gasteiger partial charge in [0.05, 0.1) is 22.6 Å². The molecular formula is C18H16N2O3S. The summed E-state index contributed by atoms with van der Waals surface area (Å²) in [6.07, 6.45) is 4.16. The first kappa shape index (κ1) is 15.2. The number of benzene rings is 1. The van der Waals surface area contributed by atoms with E-state index in [0.29, 0.717) is 23.5 Å². The SMILES string of the molecule is CSC1=C(C#N)[C@H](c2ccc3c(c2)OCO3)C2=C(CCCC2=O)N1. The summed E-state index contributed by atoms with van der Waals surface area (Å²) in [5.74, 6) is 1.15. The normalized spacial score (nSPS) is 22.2.